The highest BCUT2D eigenvalue weighted by Gasteiger charge is 2.17. The first-order chi connectivity index (χ1) is 6.88. The summed E-state index contributed by atoms with van der Waals surface area (Å²) in [5.74, 6) is -0.786. The lowest BCUT2D eigenvalue weighted by Crippen LogP contribution is -2.23. The lowest BCUT2D eigenvalue weighted by molar-refractivity contribution is 0.0347. The predicted molar refractivity (Wildman–Crippen MR) is 53.3 cm³/mol. The van der Waals surface area contributed by atoms with Gasteiger partial charge in [-0.05, 0) is 19.1 Å². The summed E-state index contributed by atoms with van der Waals surface area (Å²) in [6.45, 7) is 1.52. The van der Waals surface area contributed by atoms with Gasteiger partial charge in [0.05, 0.1) is 12.0 Å². The molecule has 15 heavy (non-hydrogen) atoms. The van der Waals surface area contributed by atoms with Crippen LogP contribution in [0.15, 0.2) is 22.8 Å². The molecule has 1 rings (SSSR count). The van der Waals surface area contributed by atoms with E-state index < -0.39 is 21.9 Å². The van der Waals surface area contributed by atoms with Gasteiger partial charge in [0, 0.05) is 6.26 Å². The van der Waals surface area contributed by atoms with Gasteiger partial charge in [-0.25, -0.2) is 13.2 Å². The summed E-state index contributed by atoms with van der Waals surface area (Å²) in [6.07, 6.45) is 1.75. The van der Waals surface area contributed by atoms with Crippen molar-refractivity contribution < 1.29 is 22.4 Å². The summed E-state index contributed by atoms with van der Waals surface area (Å²) >= 11 is 0. The van der Waals surface area contributed by atoms with E-state index in [4.69, 9.17) is 9.15 Å². The summed E-state index contributed by atoms with van der Waals surface area (Å²) in [5, 5.41) is 0. The number of hydrogen-bond donors (Lipinski definition) is 0. The molecule has 0 fully saturated rings. The number of carbonyl (C=O) groups excluding carboxylic acids is 1. The Balaban J connectivity index is 2.53. The van der Waals surface area contributed by atoms with Gasteiger partial charge in [-0.3, -0.25) is 0 Å². The maximum atomic E-state index is 11.3. The fourth-order valence-corrected chi connectivity index (χ4v) is 2.02. The number of carbonyl (C=O) groups is 1. The van der Waals surface area contributed by atoms with Crippen molar-refractivity contribution in [3.63, 3.8) is 0 Å². The maximum absolute atomic E-state index is 11.3. The van der Waals surface area contributed by atoms with Gasteiger partial charge >= 0.3 is 5.97 Å². The number of sulfone groups is 1. The number of hydrogen-bond acceptors (Lipinski definition) is 5. The molecule has 0 aliphatic rings. The second-order valence-corrected chi connectivity index (χ2v) is 5.47. The van der Waals surface area contributed by atoms with Crippen LogP contribution in [-0.4, -0.2) is 32.5 Å². The molecule has 0 saturated heterocycles. The molecule has 0 radical (unpaired) electrons. The minimum atomic E-state index is -3.15. The molecule has 0 unspecified atom stereocenters. The monoisotopic (exact) mass is 232 g/mol. The van der Waals surface area contributed by atoms with Crippen molar-refractivity contribution in [1.29, 1.82) is 0 Å². The number of esters is 1. The molecule has 0 bridgehead atoms. The van der Waals surface area contributed by atoms with Crippen LogP contribution in [0.25, 0.3) is 0 Å². The summed E-state index contributed by atoms with van der Waals surface area (Å²) in [5.41, 5.74) is 0. The van der Waals surface area contributed by atoms with Crippen molar-refractivity contribution in [3.8, 4) is 0 Å². The SMILES string of the molecule is C[C@H](CS(C)(=O)=O)OC(=O)c1ccco1. The summed E-state index contributed by atoms with van der Waals surface area (Å²) < 4.78 is 31.5. The Bertz CT molecular complexity index is 417. The fourth-order valence-electron chi connectivity index (χ4n) is 1.10. The first-order valence-corrected chi connectivity index (χ1v) is 6.37. The lowest BCUT2D eigenvalue weighted by Gasteiger charge is -2.10. The minimum Gasteiger partial charge on any atom is -0.457 e. The van der Waals surface area contributed by atoms with Gasteiger partial charge in [0.15, 0.2) is 9.84 Å². The third kappa shape index (κ3) is 4.16. The zero-order valence-electron chi connectivity index (χ0n) is 8.47. The topological polar surface area (TPSA) is 73.6 Å². The van der Waals surface area contributed by atoms with E-state index in [9.17, 15) is 13.2 Å². The molecule has 0 aromatic carbocycles. The van der Waals surface area contributed by atoms with Crippen LogP contribution in [0.2, 0.25) is 0 Å². The molecule has 0 aliphatic heterocycles. The number of ether oxygens (including phenoxy) is 1. The molecule has 1 aromatic heterocycles. The Kier molecular flexibility index (Phi) is 3.52. The van der Waals surface area contributed by atoms with Crippen molar-refractivity contribution in [2.24, 2.45) is 0 Å². The van der Waals surface area contributed by atoms with Crippen molar-refractivity contribution in [2.45, 2.75) is 13.0 Å². The first kappa shape index (κ1) is 11.8. The van der Waals surface area contributed by atoms with E-state index in [1.165, 1.54) is 19.3 Å². The first-order valence-electron chi connectivity index (χ1n) is 4.30. The van der Waals surface area contributed by atoms with Crippen LogP contribution in [0.5, 0.6) is 0 Å². The van der Waals surface area contributed by atoms with E-state index in [0.717, 1.165) is 6.26 Å². The van der Waals surface area contributed by atoms with E-state index in [-0.39, 0.29) is 11.5 Å². The summed E-state index contributed by atoms with van der Waals surface area (Å²) in [4.78, 5) is 11.3. The highest BCUT2D eigenvalue weighted by atomic mass is 32.2. The van der Waals surface area contributed by atoms with Gasteiger partial charge in [0.1, 0.15) is 6.10 Å². The second kappa shape index (κ2) is 4.48. The lowest BCUT2D eigenvalue weighted by atomic mass is 10.4. The molecular formula is C9H12O5S. The smallest absolute Gasteiger partial charge is 0.374 e. The van der Waals surface area contributed by atoms with Gasteiger partial charge < -0.3 is 9.15 Å². The van der Waals surface area contributed by atoms with Crippen molar-refractivity contribution in [2.75, 3.05) is 12.0 Å². The van der Waals surface area contributed by atoms with Crippen LogP contribution >= 0.6 is 0 Å². The molecule has 0 amide bonds. The molecule has 84 valence electrons. The van der Waals surface area contributed by atoms with Crippen LogP contribution < -0.4 is 0 Å². The summed E-state index contributed by atoms with van der Waals surface area (Å²) in [6, 6.07) is 3.01. The third-order valence-electron chi connectivity index (χ3n) is 1.57. The number of furan rings is 1. The average molecular weight is 232 g/mol. The normalized spacial score (nSPS) is 13.5. The fraction of sp³-hybridized carbons (Fsp3) is 0.444. The van der Waals surface area contributed by atoms with Crippen LogP contribution in [0, 0.1) is 0 Å². The molecule has 1 aromatic rings. The zero-order valence-corrected chi connectivity index (χ0v) is 9.28. The molecule has 0 spiro atoms. The Morgan fingerprint density at radius 2 is 2.27 bits per heavy atom. The molecule has 6 heteroatoms. The van der Waals surface area contributed by atoms with Crippen LogP contribution in [0.4, 0.5) is 0 Å². The molecule has 1 heterocycles. The highest BCUT2D eigenvalue weighted by molar-refractivity contribution is 7.90. The van der Waals surface area contributed by atoms with Crippen LogP contribution in [0.1, 0.15) is 17.5 Å². The van der Waals surface area contributed by atoms with Crippen molar-refractivity contribution >= 4 is 15.8 Å². The largest absolute Gasteiger partial charge is 0.457 e. The highest BCUT2D eigenvalue weighted by Crippen LogP contribution is 2.05. The predicted octanol–water partition coefficient (Wildman–Crippen LogP) is 0.870. The average Bonchev–Trinajstić information content (AvgIpc) is 2.50. The second-order valence-electron chi connectivity index (χ2n) is 3.29. The Morgan fingerprint density at radius 3 is 2.73 bits per heavy atom. The molecule has 1 atom stereocenters. The van der Waals surface area contributed by atoms with Gasteiger partial charge in [-0.1, -0.05) is 0 Å². The van der Waals surface area contributed by atoms with E-state index in [1.807, 2.05) is 0 Å². The van der Waals surface area contributed by atoms with Crippen molar-refractivity contribution in [1.82, 2.24) is 0 Å². The molecule has 0 N–H and O–H groups in total. The van der Waals surface area contributed by atoms with Gasteiger partial charge in [-0.2, -0.15) is 0 Å². The maximum Gasteiger partial charge on any atom is 0.374 e. The Labute approximate surface area is 88.0 Å². The van der Waals surface area contributed by atoms with E-state index in [1.54, 1.807) is 6.07 Å². The Morgan fingerprint density at radius 1 is 1.60 bits per heavy atom. The minimum absolute atomic E-state index is 0.0651. The van der Waals surface area contributed by atoms with Crippen LogP contribution in [-0.2, 0) is 14.6 Å². The molecule has 5 nitrogen and oxygen atoms in total. The van der Waals surface area contributed by atoms with E-state index in [0.29, 0.717) is 0 Å². The van der Waals surface area contributed by atoms with Gasteiger partial charge in [-0.15, -0.1) is 0 Å². The molecule has 0 saturated carbocycles. The third-order valence-corrected chi connectivity index (χ3v) is 2.64. The van der Waals surface area contributed by atoms with E-state index >= 15 is 0 Å². The zero-order chi connectivity index (χ0) is 11.5. The Hall–Kier alpha value is -1.30. The van der Waals surface area contributed by atoms with Crippen molar-refractivity contribution in [3.05, 3.63) is 24.2 Å². The summed E-state index contributed by atoms with van der Waals surface area (Å²) in [7, 11) is -3.15. The van der Waals surface area contributed by atoms with Crippen LogP contribution in [0.3, 0.4) is 0 Å². The molecule has 0 aliphatic carbocycles. The van der Waals surface area contributed by atoms with E-state index in [2.05, 4.69) is 0 Å². The van der Waals surface area contributed by atoms with Gasteiger partial charge in [0.2, 0.25) is 5.76 Å². The quantitative estimate of drug-likeness (QED) is 0.720. The van der Waals surface area contributed by atoms with Gasteiger partial charge in [0.25, 0.3) is 0 Å². The standard InChI is InChI=1S/C9H12O5S/c1-7(6-15(2,11)12)14-9(10)8-4-3-5-13-8/h3-5,7H,6H2,1-2H3/t7-/m1/s1. The molecular weight excluding hydrogens is 220 g/mol. The number of rotatable bonds is 4.